The zero-order chi connectivity index (χ0) is 20.3. The van der Waals surface area contributed by atoms with Gasteiger partial charge in [-0.05, 0) is 68.8 Å². The Hall–Kier alpha value is -2.58. The van der Waals surface area contributed by atoms with E-state index in [0.29, 0.717) is 24.4 Å². The number of rotatable bonds is 6. The summed E-state index contributed by atoms with van der Waals surface area (Å²) in [5.74, 6) is 0.752. The van der Waals surface area contributed by atoms with Crippen molar-refractivity contribution in [2.75, 3.05) is 23.9 Å². The highest BCUT2D eigenvalue weighted by molar-refractivity contribution is 7.89. The Morgan fingerprint density at radius 3 is 2.57 bits per heavy atom. The molecule has 0 spiro atoms. The van der Waals surface area contributed by atoms with E-state index in [-0.39, 0.29) is 17.0 Å². The molecule has 1 atom stereocenters. The number of ether oxygens (including phenoxy) is 1. The maximum atomic E-state index is 12.9. The SMILES string of the molecule is CCCOc1ccc(NC(=O)N2c3cc(S(=O)(=O)NC)ccc3CC2C)cc1. The summed E-state index contributed by atoms with van der Waals surface area (Å²) in [5, 5.41) is 2.88. The van der Waals surface area contributed by atoms with E-state index in [1.165, 1.54) is 7.05 Å². The second-order valence-electron chi connectivity index (χ2n) is 6.72. The molecule has 3 rings (SSSR count). The minimum absolute atomic E-state index is 0.0744. The van der Waals surface area contributed by atoms with Crippen molar-refractivity contribution in [3.8, 4) is 5.75 Å². The van der Waals surface area contributed by atoms with Gasteiger partial charge in [0.15, 0.2) is 0 Å². The topological polar surface area (TPSA) is 87.7 Å². The van der Waals surface area contributed by atoms with E-state index in [9.17, 15) is 13.2 Å². The van der Waals surface area contributed by atoms with Crippen LogP contribution in [0, 0.1) is 0 Å². The molecular formula is C20H25N3O4S. The van der Waals surface area contributed by atoms with Gasteiger partial charge in [0.1, 0.15) is 5.75 Å². The summed E-state index contributed by atoms with van der Waals surface area (Å²) in [6.45, 7) is 4.62. The molecule has 2 N–H and O–H groups in total. The summed E-state index contributed by atoms with van der Waals surface area (Å²) in [6.07, 6.45) is 1.60. The van der Waals surface area contributed by atoms with Crippen LogP contribution in [-0.4, -0.2) is 34.1 Å². The van der Waals surface area contributed by atoms with Crippen molar-refractivity contribution in [1.29, 1.82) is 0 Å². The number of nitrogens with one attached hydrogen (secondary N) is 2. The fourth-order valence-electron chi connectivity index (χ4n) is 3.22. The first-order valence-corrected chi connectivity index (χ1v) is 10.7. The fraction of sp³-hybridized carbons (Fsp3) is 0.350. The number of fused-ring (bicyclic) bond motifs is 1. The van der Waals surface area contributed by atoms with Gasteiger partial charge in [0.25, 0.3) is 0 Å². The van der Waals surface area contributed by atoms with E-state index in [1.54, 1.807) is 35.2 Å². The lowest BCUT2D eigenvalue weighted by molar-refractivity contribution is 0.255. The fourth-order valence-corrected chi connectivity index (χ4v) is 3.97. The standard InChI is InChI=1S/C20H25N3O4S/c1-4-11-27-17-8-6-16(7-9-17)22-20(24)23-14(2)12-15-5-10-18(13-19(15)23)28(25,26)21-3/h5-10,13-14,21H,4,11-12H2,1-3H3,(H,22,24). The number of hydrogen-bond donors (Lipinski definition) is 2. The molecule has 7 nitrogen and oxygen atoms in total. The second kappa shape index (κ2) is 8.20. The highest BCUT2D eigenvalue weighted by atomic mass is 32.2. The van der Waals surface area contributed by atoms with Gasteiger partial charge in [0.05, 0.1) is 17.2 Å². The number of amides is 2. The number of anilines is 2. The Balaban J connectivity index is 1.80. The van der Waals surface area contributed by atoms with E-state index in [1.807, 2.05) is 26.0 Å². The van der Waals surface area contributed by atoms with Gasteiger partial charge in [0.2, 0.25) is 10.0 Å². The summed E-state index contributed by atoms with van der Waals surface area (Å²) in [5.41, 5.74) is 2.21. The lowest BCUT2D eigenvalue weighted by Crippen LogP contribution is -2.39. The molecule has 0 bridgehead atoms. The van der Waals surface area contributed by atoms with Crippen LogP contribution in [0.2, 0.25) is 0 Å². The monoisotopic (exact) mass is 403 g/mol. The molecule has 0 aliphatic carbocycles. The quantitative estimate of drug-likeness (QED) is 0.774. The van der Waals surface area contributed by atoms with Crippen LogP contribution in [-0.2, 0) is 16.4 Å². The third-order valence-corrected chi connectivity index (χ3v) is 6.06. The minimum atomic E-state index is -3.58. The Kier molecular flexibility index (Phi) is 5.90. The maximum Gasteiger partial charge on any atom is 0.326 e. The van der Waals surface area contributed by atoms with E-state index in [2.05, 4.69) is 10.0 Å². The lowest BCUT2D eigenvalue weighted by atomic mass is 10.1. The van der Waals surface area contributed by atoms with Crippen LogP contribution in [0.3, 0.4) is 0 Å². The predicted molar refractivity (Wildman–Crippen MR) is 110 cm³/mol. The van der Waals surface area contributed by atoms with Crippen molar-refractivity contribution < 1.29 is 17.9 Å². The average Bonchev–Trinajstić information content (AvgIpc) is 3.02. The first-order chi connectivity index (χ1) is 13.4. The third kappa shape index (κ3) is 4.13. The molecule has 0 saturated heterocycles. The number of urea groups is 1. The highest BCUT2D eigenvalue weighted by Gasteiger charge is 2.32. The van der Waals surface area contributed by atoms with Gasteiger partial charge < -0.3 is 10.1 Å². The number of carbonyl (C=O) groups excluding carboxylic acids is 1. The van der Waals surface area contributed by atoms with Gasteiger partial charge in [-0.25, -0.2) is 17.9 Å². The number of benzene rings is 2. The van der Waals surface area contributed by atoms with Crippen molar-refractivity contribution in [3.05, 3.63) is 48.0 Å². The first kappa shape index (κ1) is 20.2. The van der Waals surface area contributed by atoms with Gasteiger partial charge in [-0.1, -0.05) is 13.0 Å². The van der Waals surface area contributed by atoms with E-state index in [4.69, 9.17) is 4.74 Å². The number of sulfonamides is 1. The van der Waals surface area contributed by atoms with E-state index < -0.39 is 10.0 Å². The summed E-state index contributed by atoms with van der Waals surface area (Å²) in [7, 11) is -2.22. The van der Waals surface area contributed by atoms with Crippen molar-refractivity contribution >= 4 is 27.4 Å². The maximum absolute atomic E-state index is 12.9. The Morgan fingerprint density at radius 2 is 1.93 bits per heavy atom. The number of hydrogen-bond acceptors (Lipinski definition) is 4. The van der Waals surface area contributed by atoms with Gasteiger partial charge in [-0.2, -0.15) is 0 Å². The van der Waals surface area contributed by atoms with Crippen LogP contribution in [0.25, 0.3) is 0 Å². The summed E-state index contributed by atoms with van der Waals surface area (Å²) in [4.78, 5) is 14.6. The van der Waals surface area contributed by atoms with Gasteiger partial charge in [-0.3, -0.25) is 4.90 Å². The van der Waals surface area contributed by atoms with Crippen LogP contribution >= 0.6 is 0 Å². The molecule has 2 aromatic rings. The van der Waals surface area contributed by atoms with Crippen molar-refractivity contribution in [1.82, 2.24) is 4.72 Å². The smallest absolute Gasteiger partial charge is 0.326 e. The molecule has 0 radical (unpaired) electrons. The highest BCUT2D eigenvalue weighted by Crippen LogP contribution is 2.34. The molecule has 8 heteroatoms. The van der Waals surface area contributed by atoms with Gasteiger partial charge in [0, 0.05) is 11.7 Å². The van der Waals surface area contributed by atoms with Crippen LogP contribution in [0.4, 0.5) is 16.2 Å². The van der Waals surface area contributed by atoms with Gasteiger partial charge in [-0.15, -0.1) is 0 Å². The molecule has 150 valence electrons. The molecule has 2 aromatic carbocycles. The molecule has 1 aliphatic rings. The third-order valence-electron chi connectivity index (χ3n) is 4.65. The normalized spacial score (nSPS) is 16.0. The molecule has 0 saturated carbocycles. The van der Waals surface area contributed by atoms with Gasteiger partial charge >= 0.3 is 6.03 Å². The van der Waals surface area contributed by atoms with E-state index >= 15 is 0 Å². The zero-order valence-electron chi connectivity index (χ0n) is 16.2. The van der Waals surface area contributed by atoms with Crippen LogP contribution in [0.1, 0.15) is 25.8 Å². The molecule has 2 amide bonds. The van der Waals surface area contributed by atoms with E-state index in [0.717, 1.165) is 17.7 Å². The number of nitrogens with zero attached hydrogens (tertiary/aromatic N) is 1. The molecule has 1 unspecified atom stereocenters. The first-order valence-electron chi connectivity index (χ1n) is 9.25. The van der Waals surface area contributed by atoms with Crippen molar-refractivity contribution in [3.63, 3.8) is 0 Å². The molecule has 0 aromatic heterocycles. The summed E-state index contributed by atoms with van der Waals surface area (Å²) >= 11 is 0. The Labute approximate surface area is 165 Å². The Morgan fingerprint density at radius 1 is 1.21 bits per heavy atom. The predicted octanol–water partition coefficient (Wildman–Crippen LogP) is 3.37. The second-order valence-corrected chi connectivity index (χ2v) is 8.61. The van der Waals surface area contributed by atoms with Crippen LogP contribution in [0.15, 0.2) is 47.4 Å². The average molecular weight is 404 g/mol. The van der Waals surface area contributed by atoms with Crippen LogP contribution in [0.5, 0.6) is 5.75 Å². The number of carbonyl (C=O) groups is 1. The van der Waals surface area contributed by atoms with Crippen molar-refractivity contribution in [2.24, 2.45) is 0 Å². The Bertz CT molecular complexity index is 958. The molecule has 1 aliphatic heterocycles. The van der Waals surface area contributed by atoms with Crippen LogP contribution < -0.4 is 19.7 Å². The largest absolute Gasteiger partial charge is 0.494 e. The molecule has 28 heavy (non-hydrogen) atoms. The molecule has 0 fully saturated rings. The summed E-state index contributed by atoms with van der Waals surface area (Å²) in [6, 6.07) is 11.7. The molecule has 1 heterocycles. The zero-order valence-corrected chi connectivity index (χ0v) is 17.0. The summed E-state index contributed by atoms with van der Waals surface area (Å²) < 4.78 is 32.1. The lowest BCUT2D eigenvalue weighted by Gasteiger charge is -2.23. The van der Waals surface area contributed by atoms with Crippen molar-refractivity contribution in [2.45, 2.75) is 37.6 Å². The molecular weight excluding hydrogens is 378 g/mol. The minimum Gasteiger partial charge on any atom is -0.494 e.